The molecule has 2 N–H and O–H groups in total. The maximum absolute atomic E-state index is 6.20. The summed E-state index contributed by atoms with van der Waals surface area (Å²) < 4.78 is 1.47. The van der Waals surface area contributed by atoms with Gasteiger partial charge in [-0.05, 0) is 50.9 Å². The summed E-state index contributed by atoms with van der Waals surface area (Å²) in [4.78, 5) is 8.34. The number of nitrogens with zero attached hydrogens (tertiary/aromatic N) is 2. The van der Waals surface area contributed by atoms with Crippen LogP contribution >= 0.6 is 55.1 Å². The van der Waals surface area contributed by atoms with Crippen molar-refractivity contribution < 1.29 is 0 Å². The highest BCUT2D eigenvalue weighted by molar-refractivity contribution is 9.11. The van der Waals surface area contributed by atoms with E-state index in [1.807, 2.05) is 19.1 Å². The smallest absolute Gasteiger partial charge is 0.150 e. The van der Waals surface area contributed by atoms with Crippen LogP contribution in [-0.4, -0.2) is 16.5 Å². The highest BCUT2D eigenvalue weighted by Gasteiger charge is 2.12. The van der Waals surface area contributed by atoms with E-state index in [4.69, 9.17) is 23.2 Å². The predicted octanol–water partition coefficient (Wildman–Crippen LogP) is 5.48. The largest absolute Gasteiger partial charge is 0.369 e. The molecular formula is C12H10Br2Cl2N4. The molecule has 2 aromatic rings. The van der Waals surface area contributed by atoms with E-state index >= 15 is 0 Å². The van der Waals surface area contributed by atoms with Gasteiger partial charge >= 0.3 is 0 Å². The van der Waals surface area contributed by atoms with Gasteiger partial charge < -0.3 is 10.6 Å². The number of rotatable bonds is 4. The molecule has 106 valence electrons. The summed E-state index contributed by atoms with van der Waals surface area (Å²) in [5.74, 6) is 1.32. The first kappa shape index (κ1) is 15.8. The van der Waals surface area contributed by atoms with Crippen molar-refractivity contribution in [3.05, 3.63) is 37.5 Å². The summed E-state index contributed by atoms with van der Waals surface area (Å²) >= 11 is 19.1. The van der Waals surface area contributed by atoms with E-state index in [0.29, 0.717) is 27.4 Å². The van der Waals surface area contributed by atoms with Gasteiger partial charge in [0, 0.05) is 11.0 Å². The molecule has 0 aliphatic heterocycles. The molecule has 0 unspecified atom stereocenters. The standard InChI is InChI=1S/C12H10Br2Cl2N4/c1-2-17-11-8(14)12(19-5-18-11)20-7-4-3-6(13)9(15)10(7)16/h3-5H,2H2,1H3,(H2,17,18,19,20). The third-order valence-corrected chi connectivity index (χ3v) is 4.94. The first-order valence-electron chi connectivity index (χ1n) is 5.69. The molecule has 1 aromatic heterocycles. The van der Waals surface area contributed by atoms with Crippen molar-refractivity contribution in [1.29, 1.82) is 0 Å². The summed E-state index contributed by atoms with van der Waals surface area (Å²) in [7, 11) is 0. The highest BCUT2D eigenvalue weighted by atomic mass is 79.9. The highest BCUT2D eigenvalue weighted by Crippen LogP contribution is 2.38. The molecule has 0 saturated carbocycles. The fourth-order valence-corrected chi connectivity index (χ4v) is 2.76. The lowest BCUT2D eigenvalue weighted by Crippen LogP contribution is -2.04. The molecule has 0 spiro atoms. The Balaban J connectivity index is 2.36. The molecule has 2 rings (SSSR count). The SMILES string of the molecule is CCNc1ncnc(Nc2ccc(Br)c(Cl)c2Cl)c1Br. The third-order valence-electron chi connectivity index (χ3n) is 2.42. The van der Waals surface area contributed by atoms with E-state index < -0.39 is 0 Å². The first-order chi connectivity index (χ1) is 9.54. The third kappa shape index (κ3) is 3.36. The second-order valence-corrected chi connectivity index (χ2v) is 6.17. The van der Waals surface area contributed by atoms with Crippen molar-refractivity contribution in [3.8, 4) is 0 Å². The molecule has 0 saturated heterocycles. The molecule has 0 radical (unpaired) electrons. The molecule has 20 heavy (non-hydrogen) atoms. The summed E-state index contributed by atoms with van der Waals surface area (Å²) in [6.07, 6.45) is 1.47. The maximum atomic E-state index is 6.20. The van der Waals surface area contributed by atoms with Crippen LogP contribution < -0.4 is 10.6 Å². The zero-order valence-electron chi connectivity index (χ0n) is 10.3. The Morgan fingerprint density at radius 2 is 1.80 bits per heavy atom. The average molecular weight is 441 g/mol. The molecule has 0 atom stereocenters. The fraction of sp³-hybridized carbons (Fsp3) is 0.167. The van der Waals surface area contributed by atoms with Gasteiger partial charge in [-0.1, -0.05) is 23.2 Å². The summed E-state index contributed by atoms with van der Waals surface area (Å²) in [5.41, 5.74) is 0.668. The molecule has 0 amide bonds. The Morgan fingerprint density at radius 1 is 1.10 bits per heavy atom. The van der Waals surface area contributed by atoms with Gasteiger partial charge in [0.2, 0.25) is 0 Å². The van der Waals surface area contributed by atoms with Crippen molar-refractivity contribution in [2.45, 2.75) is 6.92 Å². The number of halogens is 4. The number of hydrogen-bond acceptors (Lipinski definition) is 4. The van der Waals surface area contributed by atoms with E-state index in [-0.39, 0.29) is 0 Å². The Morgan fingerprint density at radius 3 is 2.50 bits per heavy atom. The summed E-state index contributed by atoms with van der Waals surface area (Å²) in [6, 6.07) is 3.64. The van der Waals surface area contributed by atoms with Crippen molar-refractivity contribution in [2.75, 3.05) is 17.2 Å². The number of aromatic nitrogens is 2. The van der Waals surface area contributed by atoms with Gasteiger partial charge in [-0.2, -0.15) is 0 Å². The van der Waals surface area contributed by atoms with Crippen LogP contribution in [0.5, 0.6) is 0 Å². The zero-order chi connectivity index (χ0) is 14.7. The topological polar surface area (TPSA) is 49.8 Å². The van der Waals surface area contributed by atoms with Crippen LogP contribution in [-0.2, 0) is 0 Å². The van der Waals surface area contributed by atoms with E-state index in [9.17, 15) is 0 Å². The minimum Gasteiger partial charge on any atom is -0.369 e. The lowest BCUT2D eigenvalue weighted by atomic mass is 10.3. The van der Waals surface area contributed by atoms with Gasteiger partial charge in [0.05, 0.1) is 15.7 Å². The van der Waals surface area contributed by atoms with Crippen LogP contribution in [0.4, 0.5) is 17.3 Å². The van der Waals surface area contributed by atoms with Crippen LogP contribution in [0.15, 0.2) is 27.4 Å². The Labute approximate surface area is 143 Å². The second kappa shape index (κ2) is 6.93. The zero-order valence-corrected chi connectivity index (χ0v) is 15.0. The number of anilines is 3. The van der Waals surface area contributed by atoms with Crippen LogP contribution in [0.2, 0.25) is 10.0 Å². The number of hydrogen-bond donors (Lipinski definition) is 2. The van der Waals surface area contributed by atoms with E-state index in [1.54, 1.807) is 0 Å². The van der Waals surface area contributed by atoms with Crippen LogP contribution in [0.1, 0.15) is 6.92 Å². The maximum Gasteiger partial charge on any atom is 0.150 e. The molecular weight excluding hydrogens is 431 g/mol. The molecule has 1 heterocycles. The van der Waals surface area contributed by atoms with Crippen LogP contribution in [0, 0.1) is 0 Å². The van der Waals surface area contributed by atoms with Crippen molar-refractivity contribution in [1.82, 2.24) is 9.97 Å². The lowest BCUT2D eigenvalue weighted by Gasteiger charge is -2.13. The fourth-order valence-electron chi connectivity index (χ4n) is 1.50. The van der Waals surface area contributed by atoms with Crippen molar-refractivity contribution in [3.63, 3.8) is 0 Å². The van der Waals surface area contributed by atoms with Gasteiger partial charge in [0.25, 0.3) is 0 Å². The average Bonchev–Trinajstić information content (AvgIpc) is 2.44. The van der Waals surface area contributed by atoms with Crippen LogP contribution in [0.3, 0.4) is 0 Å². The molecule has 0 fully saturated rings. The van der Waals surface area contributed by atoms with Crippen molar-refractivity contribution in [2.24, 2.45) is 0 Å². The first-order valence-corrected chi connectivity index (χ1v) is 8.03. The lowest BCUT2D eigenvalue weighted by molar-refractivity contribution is 1.10. The predicted molar refractivity (Wildman–Crippen MR) is 91.3 cm³/mol. The van der Waals surface area contributed by atoms with Gasteiger partial charge in [-0.25, -0.2) is 9.97 Å². The molecule has 0 bridgehead atoms. The van der Waals surface area contributed by atoms with Gasteiger partial charge in [0.1, 0.15) is 22.4 Å². The molecule has 0 aliphatic rings. The van der Waals surface area contributed by atoms with Crippen LogP contribution in [0.25, 0.3) is 0 Å². The molecule has 8 heteroatoms. The van der Waals surface area contributed by atoms with E-state index in [2.05, 4.69) is 52.5 Å². The van der Waals surface area contributed by atoms with Gasteiger partial charge in [-0.15, -0.1) is 0 Å². The minimum absolute atomic E-state index is 0.427. The number of benzene rings is 1. The Hall–Kier alpha value is -0.560. The second-order valence-electron chi connectivity index (χ2n) is 3.76. The molecule has 1 aromatic carbocycles. The summed E-state index contributed by atoms with van der Waals surface area (Å²) in [6.45, 7) is 2.76. The summed E-state index contributed by atoms with van der Waals surface area (Å²) in [5, 5.41) is 7.14. The quantitative estimate of drug-likeness (QED) is 0.618. The van der Waals surface area contributed by atoms with Gasteiger partial charge in [-0.3, -0.25) is 0 Å². The monoisotopic (exact) mass is 438 g/mol. The van der Waals surface area contributed by atoms with Crippen molar-refractivity contribution >= 4 is 72.4 Å². The molecule has 0 aliphatic carbocycles. The molecule has 4 nitrogen and oxygen atoms in total. The minimum atomic E-state index is 0.427. The van der Waals surface area contributed by atoms with Gasteiger partial charge in [0.15, 0.2) is 0 Å². The Kier molecular flexibility index (Phi) is 5.49. The van der Waals surface area contributed by atoms with E-state index in [0.717, 1.165) is 15.5 Å². The number of nitrogens with one attached hydrogen (secondary N) is 2. The normalized spacial score (nSPS) is 10.4. The Bertz CT molecular complexity index is 637. The van der Waals surface area contributed by atoms with E-state index in [1.165, 1.54) is 6.33 Å².